The number of carbonyl (C=O) groups is 2. The van der Waals surface area contributed by atoms with Crippen molar-refractivity contribution in [3.63, 3.8) is 0 Å². The molecule has 0 saturated carbocycles. The fourth-order valence-electron chi connectivity index (χ4n) is 3.04. The second-order valence-corrected chi connectivity index (χ2v) is 8.25. The zero-order valence-corrected chi connectivity index (χ0v) is 18.4. The summed E-state index contributed by atoms with van der Waals surface area (Å²) in [6.07, 6.45) is -4.88. The second kappa shape index (κ2) is 9.03. The van der Waals surface area contributed by atoms with Crippen LogP contribution in [0.15, 0.2) is 40.9 Å². The SMILES string of the molecule is O=C(Nc1ccc(N2CCN(C(=O)C(F)(F)F)CC2)c(Cl)c1)c1cc(Br)ccc1Cl. The highest BCUT2D eigenvalue weighted by atomic mass is 79.9. The van der Waals surface area contributed by atoms with Crippen LogP contribution in [0.1, 0.15) is 10.4 Å². The van der Waals surface area contributed by atoms with Crippen LogP contribution >= 0.6 is 39.1 Å². The smallest absolute Gasteiger partial charge is 0.367 e. The number of piperazine rings is 1. The number of rotatable bonds is 3. The van der Waals surface area contributed by atoms with Crippen LogP contribution in [0, 0.1) is 0 Å². The van der Waals surface area contributed by atoms with Crippen LogP contribution in [-0.2, 0) is 4.79 Å². The van der Waals surface area contributed by atoms with Crippen molar-refractivity contribution in [1.82, 2.24) is 4.90 Å². The Kier molecular flexibility index (Phi) is 6.84. The molecule has 2 amide bonds. The molecule has 160 valence electrons. The standard InChI is InChI=1S/C19H15BrCl2F3N3O2/c20-11-1-3-14(21)13(9-11)17(29)26-12-2-4-16(15(22)10-12)27-5-7-28(8-6-27)18(30)19(23,24)25/h1-4,9-10H,5-8H2,(H,26,29). The summed E-state index contributed by atoms with van der Waals surface area (Å²) in [5.41, 5.74) is 1.33. The van der Waals surface area contributed by atoms with Crippen molar-refractivity contribution < 1.29 is 22.8 Å². The third-order valence-corrected chi connectivity index (χ3v) is 5.65. The highest BCUT2D eigenvalue weighted by molar-refractivity contribution is 9.10. The summed E-state index contributed by atoms with van der Waals surface area (Å²) in [6, 6.07) is 9.76. The first-order valence-corrected chi connectivity index (χ1v) is 10.3. The first-order chi connectivity index (χ1) is 14.1. The molecule has 0 aromatic heterocycles. The Balaban J connectivity index is 1.67. The third-order valence-electron chi connectivity index (χ3n) is 4.53. The Morgan fingerprint density at radius 2 is 1.63 bits per heavy atom. The predicted molar refractivity (Wildman–Crippen MR) is 113 cm³/mol. The number of hydrogen-bond acceptors (Lipinski definition) is 3. The lowest BCUT2D eigenvalue weighted by atomic mass is 10.2. The monoisotopic (exact) mass is 523 g/mol. The van der Waals surface area contributed by atoms with Gasteiger partial charge in [0.1, 0.15) is 0 Å². The molecule has 0 spiro atoms. The number of nitrogens with zero attached hydrogens (tertiary/aromatic N) is 2. The third kappa shape index (κ3) is 5.19. The van der Waals surface area contributed by atoms with Crippen LogP contribution < -0.4 is 10.2 Å². The summed E-state index contributed by atoms with van der Waals surface area (Å²) in [5, 5.41) is 3.33. The van der Waals surface area contributed by atoms with E-state index in [0.29, 0.717) is 25.9 Å². The molecule has 0 aliphatic carbocycles. The maximum atomic E-state index is 12.6. The summed E-state index contributed by atoms with van der Waals surface area (Å²) < 4.78 is 38.4. The van der Waals surface area contributed by atoms with Gasteiger partial charge in [-0.05, 0) is 36.4 Å². The van der Waals surface area contributed by atoms with E-state index in [1.165, 1.54) is 0 Å². The quantitative estimate of drug-likeness (QED) is 0.599. The zero-order valence-electron chi connectivity index (χ0n) is 15.3. The van der Waals surface area contributed by atoms with Crippen LogP contribution in [0.4, 0.5) is 24.5 Å². The van der Waals surface area contributed by atoms with Crippen LogP contribution in [0.2, 0.25) is 10.0 Å². The van der Waals surface area contributed by atoms with Crippen molar-refractivity contribution in [2.45, 2.75) is 6.18 Å². The van der Waals surface area contributed by atoms with Crippen LogP contribution in [-0.4, -0.2) is 49.1 Å². The molecule has 2 aromatic carbocycles. The van der Waals surface area contributed by atoms with Crippen molar-refractivity contribution in [1.29, 1.82) is 0 Å². The average Bonchev–Trinajstić information content (AvgIpc) is 2.69. The minimum Gasteiger partial charge on any atom is -0.367 e. The van der Waals surface area contributed by atoms with Crippen LogP contribution in [0.3, 0.4) is 0 Å². The van der Waals surface area contributed by atoms with E-state index in [1.54, 1.807) is 41.3 Å². The molecule has 1 fully saturated rings. The van der Waals surface area contributed by atoms with Crippen molar-refractivity contribution >= 4 is 62.3 Å². The summed E-state index contributed by atoms with van der Waals surface area (Å²) >= 11 is 15.7. The molecule has 0 radical (unpaired) electrons. The fourth-order valence-corrected chi connectivity index (χ4v) is 3.91. The van der Waals surface area contributed by atoms with E-state index >= 15 is 0 Å². The summed E-state index contributed by atoms with van der Waals surface area (Å²) in [7, 11) is 0. The molecule has 2 aromatic rings. The second-order valence-electron chi connectivity index (χ2n) is 6.52. The first kappa shape index (κ1) is 22.7. The number of halogens is 6. The highest BCUT2D eigenvalue weighted by Gasteiger charge is 2.43. The maximum Gasteiger partial charge on any atom is 0.471 e. The number of carbonyl (C=O) groups excluding carboxylic acids is 2. The predicted octanol–water partition coefficient (Wildman–Crippen LogP) is 5.22. The number of benzene rings is 2. The zero-order chi connectivity index (χ0) is 22.1. The van der Waals surface area contributed by atoms with Gasteiger partial charge in [0.2, 0.25) is 0 Å². The van der Waals surface area contributed by atoms with E-state index < -0.39 is 18.0 Å². The van der Waals surface area contributed by atoms with E-state index in [4.69, 9.17) is 23.2 Å². The number of amides is 2. The topological polar surface area (TPSA) is 52.7 Å². The molecule has 1 heterocycles. The van der Waals surface area contributed by atoms with E-state index in [-0.39, 0.29) is 31.7 Å². The van der Waals surface area contributed by atoms with Gasteiger partial charge in [0.25, 0.3) is 5.91 Å². The lowest BCUT2D eigenvalue weighted by Crippen LogP contribution is -2.52. The minimum absolute atomic E-state index is 0.0610. The molecule has 1 aliphatic rings. The molecule has 5 nitrogen and oxygen atoms in total. The average molecular weight is 525 g/mol. The van der Waals surface area contributed by atoms with Gasteiger partial charge in [0, 0.05) is 36.3 Å². The van der Waals surface area contributed by atoms with Crippen molar-refractivity contribution in [2.24, 2.45) is 0 Å². The molecule has 11 heteroatoms. The first-order valence-electron chi connectivity index (χ1n) is 8.73. The molecule has 3 rings (SSSR count). The normalized spacial score (nSPS) is 14.6. The van der Waals surface area contributed by atoms with Gasteiger partial charge in [-0.1, -0.05) is 39.1 Å². The molecule has 1 N–H and O–H groups in total. The van der Waals surface area contributed by atoms with Gasteiger partial charge in [0.15, 0.2) is 0 Å². The largest absolute Gasteiger partial charge is 0.471 e. The van der Waals surface area contributed by atoms with Gasteiger partial charge in [-0.3, -0.25) is 9.59 Å². The number of nitrogens with one attached hydrogen (secondary N) is 1. The highest BCUT2D eigenvalue weighted by Crippen LogP contribution is 2.31. The molecule has 1 aliphatic heterocycles. The van der Waals surface area contributed by atoms with Gasteiger partial charge >= 0.3 is 12.1 Å². The van der Waals surface area contributed by atoms with Gasteiger partial charge in [0.05, 0.1) is 21.3 Å². The van der Waals surface area contributed by atoms with E-state index in [9.17, 15) is 22.8 Å². The van der Waals surface area contributed by atoms with Gasteiger partial charge in [-0.2, -0.15) is 13.2 Å². The fraction of sp³-hybridized carbons (Fsp3) is 0.263. The van der Waals surface area contributed by atoms with E-state index in [2.05, 4.69) is 21.2 Å². The van der Waals surface area contributed by atoms with Crippen LogP contribution in [0.25, 0.3) is 0 Å². The maximum absolute atomic E-state index is 12.6. The summed E-state index contributed by atoms with van der Waals surface area (Å²) in [6.45, 7) is 0.297. The molecule has 0 unspecified atom stereocenters. The number of alkyl halides is 3. The van der Waals surface area contributed by atoms with Crippen LogP contribution in [0.5, 0.6) is 0 Å². The molecule has 1 saturated heterocycles. The van der Waals surface area contributed by atoms with E-state index in [0.717, 1.165) is 4.90 Å². The number of anilines is 2. The lowest BCUT2D eigenvalue weighted by Gasteiger charge is -2.36. The molecule has 0 bridgehead atoms. The van der Waals surface area contributed by atoms with Crippen molar-refractivity contribution in [3.8, 4) is 0 Å². The number of hydrogen-bond donors (Lipinski definition) is 1. The van der Waals surface area contributed by atoms with E-state index in [1.807, 2.05) is 0 Å². The molecule has 0 atom stereocenters. The van der Waals surface area contributed by atoms with Crippen molar-refractivity contribution in [2.75, 3.05) is 36.4 Å². The Bertz CT molecular complexity index is 980. The Morgan fingerprint density at radius 3 is 2.23 bits per heavy atom. The Labute approximate surface area is 188 Å². The molecule has 30 heavy (non-hydrogen) atoms. The summed E-state index contributed by atoms with van der Waals surface area (Å²) in [4.78, 5) is 26.4. The van der Waals surface area contributed by atoms with Gasteiger partial charge < -0.3 is 15.1 Å². The molecular formula is C19H15BrCl2F3N3O2. The molecular weight excluding hydrogens is 510 g/mol. The lowest BCUT2D eigenvalue weighted by molar-refractivity contribution is -0.185. The van der Waals surface area contributed by atoms with Crippen molar-refractivity contribution in [3.05, 3.63) is 56.5 Å². The Morgan fingerprint density at radius 1 is 0.967 bits per heavy atom. The summed E-state index contributed by atoms with van der Waals surface area (Å²) in [5.74, 6) is -2.25. The van der Waals surface area contributed by atoms with Gasteiger partial charge in [-0.25, -0.2) is 0 Å². The van der Waals surface area contributed by atoms with Gasteiger partial charge in [-0.15, -0.1) is 0 Å². The Hall–Kier alpha value is -1.97. The minimum atomic E-state index is -4.88.